The van der Waals surface area contributed by atoms with Crippen LogP contribution >= 0.6 is 0 Å². The second kappa shape index (κ2) is 2.53. The van der Waals surface area contributed by atoms with E-state index >= 15 is 0 Å². The maximum atomic E-state index is 5.83. The fourth-order valence-electron chi connectivity index (χ4n) is 2.86. The van der Waals surface area contributed by atoms with Gasteiger partial charge in [-0.25, -0.2) is 0 Å². The number of hydrogen-bond acceptors (Lipinski definition) is 1. The lowest BCUT2D eigenvalue weighted by atomic mass is 9.84. The molecule has 2 aliphatic rings. The van der Waals surface area contributed by atoms with Crippen LogP contribution in [-0.2, 0) is 0 Å². The zero-order valence-corrected chi connectivity index (χ0v) is 6.79. The number of nitrogens with two attached hydrogens (primary N) is 1. The second-order valence-electron chi connectivity index (χ2n) is 4.03. The summed E-state index contributed by atoms with van der Waals surface area (Å²) in [5, 5.41) is 0. The molecule has 11 heavy (non-hydrogen) atoms. The second-order valence-corrected chi connectivity index (χ2v) is 4.03. The Hall–Kier alpha value is -0.480. The lowest BCUT2D eigenvalue weighted by Crippen LogP contribution is -2.31. The molecule has 0 aromatic heterocycles. The quantitative estimate of drug-likeness (QED) is 0.560. The molecule has 0 aromatic carbocycles. The minimum atomic E-state index is 0.0327. The highest BCUT2D eigenvalue weighted by molar-refractivity contribution is 5.06. The summed E-state index contributed by atoms with van der Waals surface area (Å²) in [6, 6.07) is 0.0327. The van der Waals surface area contributed by atoms with Crippen molar-refractivity contribution in [3.63, 3.8) is 0 Å². The van der Waals surface area contributed by atoms with E-state index in [-0.39, 0.29) is 6.04 Å². The molecule has 0 spiro atoms. The van der Waals surface area contributed by atoms with Gasteiger partial charge in [0.25, 0.3) is 0 Å². The normalized spacial score (nSPS) is 43.8. The molecule has 4 unspecified atom stereocenters. The molecule has 60 valence electrons. The van der Waals surface area contributed by atoms with Crippen LogP contribution in [0.5, 0.6) is 0 Å². The molecule has 1 nitrogen and oxygen atoms in total. The third-order valence-electron chi connectivity index (χ3n) is 3.45. The molecule has 0 heterocycles. The molecule has 2 rings (SSSR count). The predicted octanol–water partition coefficient (Wildman–Crippen LogP) is 1.38. The highest BCUT2D eigenvalue weighted by atomic mass is 14.7. The molecule has 0 amide bonds. The van der Waals surface area contributed by atoms with E-state index in [0.717, 1.165) is 11.8 Å². The van der Waals surface area contributed by atoms with Crippen LogP contribution in [0.15, 0.2) is 0 Å². The number of fused-ring (bicyclic) bond motifs is 2. The van der Waals surface area contributed by atoms with Gasteiger partial charge in [0.1, 0.15) is 0 Å². The molecule has 1 heteroatoms. The zero-order chi connectivity index (χ0) is 7.84. The lowest BCUT2D eigenvalue weighted by Gasteiger charge is -2.23. The van der Waals surface area contributed by atoms with Crippen molar-refractivity contribution in [3.05, 3.63) is 0 Å². The molecular formula is C10H15N. The Morgan fingerprint density at radius 3 is 2.64 bits per heavy atom. The molecule has 2 aliphatic carbocycles. The first-order valence-corrected chi connectivity index (χ1v) is 4.53. The molecule has 2 N–H and O–H groups in total. The molecule has 2 bridgehead atoms. The molecule has 0 aliphatic heterocycles. The highest BCUT2D eigenvalue weighted by Crippen LogP contribution is 2.49. The standard InChI is InChI=1S/C10H15N/c1-2-10(11)9-6-7-3-4-8(9)5-7/h1,7-10H,3-6,11H2. The first kappa shape index (κ1) is 7.18. The summed E-state index contributed by atoms with van der Waals surface area (Å²) in [6.07, 6.45) is 10.8. The van der Waals surface area contributed by atoms with Crippen molar-refractivity contribution in [1.29, 1.82) is 0 Å². The summed E-state index contributed by atoms with van der Waals surface area (Å²) >= 11 is 0. The van der Waals surface area contributed by atoms with Crippen LogP contribution in [0.25, 0.3) is 0 Å². The maximum absolute atomic E-state index is 5.83. The van der Waals surface area contributed by atoms with Gasteiger partial charge in [-0.1, -0.05) is 12.3 Å². The third kappa shape index (κ3) is 1.06. The van der Waals surface area contributed by atoms with Crippen LogP contribution in [0, 0.1) is 30.1 Å². The van der Waals surface area contributed by atoms with Crippen molar-refractivity contribution in [3.8, 4) is 12.3 Å². The van der Waals surface area contributed by atoms with E-state index in [9.17, 15) is 0 Å². The fourth-order valence-corrected chi connectivity index (χ4v) is 2.86. The molecule has 2 saturated carbocycles. The zero-order valence-electron chi connectivity index (χ0n) is 6.79. The van der Waals surface area contributed by atoms with Crippen LogP contribution in [0.1, 0.15) is 25.7 Å². The van der Waals surface area contributed by atoms with Crippen molar-refractivity contribution in [1.82, 2.24) is 0 Å². The Kier molecular flexibility index (Phi) is 1.65. The Bertz CT molecular complexity index is 192. The first-order valence-electron chi connectivity index (χ1n) is 4.53. The molecule has 0 radical (unpaired) electrons. The molecule has 4 atom stereocenters. The maximum Gasteiger partial charge on any atom is 0.0693 e. The van der Waals surface area contributed by atoms with E-state index in [2.05, 4.69) is 5.92 Å². The molecular weight excluding hydrogens is 134 g/mol. The van der Waals surface area contributed by atoms with E-state index in [1.165, 1.54) is 25.7 Å². The Morgan fingerprint density at radius 2 is 2.18 bits per heavy atom. The van der Waals surface area contributed by atoms with Crippen LogP contribution < -0.4 is 5.73 Å². The van der Waals surface area contributed by atoms with E-state index in [0.29, 0.717) is 5.92 Å². The van der Waals surface area contributed by atoms with Crippen LogP contribution in [0.2, 0.25) is 0 Å². The van der Waals surface area contributed by atoms with Gasteiger partial charge in [0.05, 0.1) is 6.04 Å². The molecule has 0 aromatic rings. The third-order valence-corrected chi connectivity index (χ3v) is 3.45. The van der Waals surface area contributed by atoms with E-state index in [1.54, 1.807) is 0 Å². The average Bonchev–Trinajstić information content (AvgIpc) is 2.62. The molecule has 0 saturated heterocycles. The van der Waals surface area contributed by atoms with Crippen molar-refractivity contribution in [2.24, 2.45) is 23.5 Å². The summed E-state index contributed by atoms with van der Waals surface area (Å²) in [6.45, 7) is 0. The van der Waals surface area contributed by atoms with Crippen molar-refractivity contribution in [2.45, 2.75) is 31.7 Å². The topological polar surface area (TPSA) is 26.0 Å². The van der Waals surface area contributed by atoms with Gasteiger partial charge in [-0.15, -0.1) is 6.42 Å². The first-order chi connectivity index (χ1) is 5.31. The van der Waals surface area contributed by atoms with E-state index in [4.69, 9.17) is 12.2 Å². The van der Waals surface area contributed by atoms with Crippen LogP contribution in [0.3, 0.4) is 0 Å². The Labute approximate surface area is 68.4 Å². The number of terminal acetylenes is 1. The van der Waals surface area contributed by atoms with Gasteiger partial charge in [0.15, 0.2) is 0 Å². The highest BCUT2D eigenvalue weighted by Gasteiger charge is 2.41. The summed E-state index contributed by atoms with van der Waals surface area (Å²) in [5.74, 6) is 5.15. The van der Waals surface area contributed by atoms with Crippen LogP contribution in [-0.4, -0.2) is 6.04 Å². The van der Waals surface area contributed by atoms with Gasteiger partial charge in [-0.05, 0) is 37.0 Å². The number of rotatable bonds is 1. The summed E-state index contributed by atoms with van der Waals surface area (Å²) in [7, 11) is 0. The fraction of sp³-hybridized carbons (Fsp3) is 0.800. The van der Waals surface area contributed by atoms with Crippen molar-refractivity contribution in [2.75, 3.05) is 0 Å². The average molecular weight is 149 g/mol. The van der Waals surface area contributed by atoms with E-state index in [1.807, 2.05) is 0 Å². The Morgan fingerprint density at radius 1 is 1.36 bits per heavy atom. The predicted molar refractivity (Wildman–Crippen MR) is 45.7 cm³/mol. The van der Waals surface area contributed by atoms with Crippen molar-refractivity contribution < 1.29 is 0 Å². The van der Waals surface area contributed by atoms with Gasteiger partial charge < -0.3 is 5.73 Å². The van der Waals surface area contributed by atoms with Gasteiger partial charge in [-0.2, -0.15) is 0 Å². The molecule has 2 fully saturated rings. The largest absolute Gasteiger partial charge is 0.317 e. The summed E-state index contributed by atoms with van der Waals surface area (Å²) in [5.41, 5.74) is 5.83. The summed E-state index contributed by atoms with van der Waals surface area (Å²) in [4.78, 5) is 0. The Balaban J connectivity index is 2.03. The smallest absolute Gasteiger partial charge is 0.0693 e. The monoisotopic (exact) mass is 149 g/mol. The van der Waals surface area contributed by atoms with Gasteiger partial charge in [0, 0.05) is 0 Å². The van der Waals surface area contributed by atoms with Gasteiger partial charge >= 0.3 is 0 Å². The van der Waals surface area contributed by atoms with Gasteiger partial charge in [-0.3, -0.25) is 0 Å². The minimum Gasteiger partial charge on any atom is -0.317 e. The van der Waals surface area contributed by atoms with E-state index < -0.39 is 0 Å². The summed E-state index contributed by atoms with van der Waals surface area (Å²) < 4.78 is 0. The SMILES string of the molecule is C#CC(N)C1CC2CCC1C2. The minimum absolute atomic E-state index is 0.0327. The lowest BCUT2D eigenvalue weighted by molar-refractivity contribution is 0.313. The van der Waals surface area contributed by atoms with Gasteiger partial charge in [0.2, 0.25) is 0 Å². The van der Waals surface area contributed by atoms with Crippen molar-refractivity contribution >= 4 is 0 Å². The van der Waals surface area contributed by atoms with Crippen LogP contribution in [0.4, 0.5) is 0 Å². The number of hydrogen-bond donors (Lipinski definition) is 1.